The molecule has 0 saturated carbocycles. The van der Waals surface area contributed by atoms with Crippen LogP contribution >= 0.6 is 12.0 Å². The van der Waals surface area contributed by atoms with Crippen LogP contribution in [-0.4, -0.2) is 27.8 Å². The van der Waals surface area contributed by atoms with Crippen molar-refractivity contribution in [3.8, 4) is 11.5 Å². The third-order valence-corrected chi connectivity index (χ3v) is 4.70. The van der Waals surface area contributed by atoms with E-state index in [9.17, 15) is 4.79 Å². The van der Waals surface area contributed by atoms with Gasteiger partial charge in [0.25, 0.3) is 5.91 Å². The Bertz CT molecular complexity index is 1190. The molecule has 2 heterocycles. The predicted octanol–water partition coefficient (Wildman–Crippen LogP) is 4.50. The third kappa shape index (κ3) is 4.46. The Morgan fingerprint density at radius 3 is 2.70 bits per heavy atom. The predicted molar refractivity (Wildman–Crippen MR) is 110 cm³/mol. The quantitative estimate of drug-likeness (QED) is 0.262. The van der Waals surface area contributed by atoms with Gasteiger partial charge in [0.2, 0.25) is 0 Å². The van der Waals surface area contributed by atoms with Crippen molar-refractivity contribution < 1.29 is 23.2 Å². The zero-order valence-corrected chi connectivity index (χ0v) is 17.2. The van der Waals surface area contributed by atoms with Crippen molar-refractivity contribution in [2.45, 2.75) is 11.8 Å². The number of anilines is 1. The van der Waals surface area contributed by atoms with E-state index < -0.39 is 0 Å². The van der Waals surface area contributed by atoms with E-state index in [2.05, 4.69) is 20.3 Å². The number of benzene rings is 2. The fourth-order valence-electron chi connectivity index (χ4n) is 2.75. The maximum atomic E-state index is 12.7. The Hall–Kier alpha value is -3.34. The van der Waals surface area contributed by atoms with Crippen molar-refractivity contribution >= 4 is 34.9 Å². The van der Waals surface area contributed by atoms with Crippen LogP contribution in [0.25, 0.3) is 11.1 Å². The van der Waals surface area contributed by atoms with E-state index in [0.29, 0.717) is 39.9 Å². The molecular formula is C20H18N4O5S. The highest BCUT2D eigenvalue weighted by Gasteiger charge is 2.17. The van der Waals surface area contributed by atoms with E-state index in [0.717, 1.165) is 16.9 Å². The lowest BCUT2D eigenvalue weighted by Gasteiger charge is -2.09. The van der Waals surface area contributed by atoms with E-state index in [4.69, 9.17) is 13.5 Å². The fourth-order valence-corrected chi connectivity index (χ4v) is 3.15. The van der Waals surface area contributed by atoms with Crippen molar-refractivity contribution in [3.05, 3.63) is 60.1 Å². The Balaban J connectivity index is 1.62. The van der Waals surface area contributed by atoms with Gasteiger partial charge in [-0.05, 0) is 36.4 Å². The standard InChI is InChI=1S/C20H18N4O5S/c1-12-21-16-10-13(20(25)22-18-8-9-24(2)23-18)11-17(19(16)27-12)28-14-4-6-15(7-5-14)30-29-26-3/h4-11H,1-3H3,(H,22,23,25). The minimum atomic E-state index is -0.329. The van der Waals surface area contributed by atoms with Crippen LogP contribution in [0, 0.1) is 6.92 Å². The summed E-state index contributed by atoms with van der Waals surface area (Å²) in [5, 5.41) is 6.92. The third-order valence-electron chi connectivity index (χ3n) is 4.03. The number of fused-ring (bicyclic) bond motifs is 1. The molecule has 154 valence electrons. The fraction of sp³-hybridized carbons (Fsp3) is 0.150. The Labute approximate surface area is 176 Å². The summed E-state index contributed by atoms with van der Waals surface area (Å²) in [5.41, 5.74) is 1.36. The van der Waals surface area contributed by atoms with Crippen LogP contribution in [0.4, 0.5) is 5.82 Å². The molecule has 9 nitrogen and oxygen atoms in total. The van der Waals surface area contributed by atoms with E-state index in [-0.39, 0.29) is 5.91 Å². The molecule has 1 N–H and O–H groups in total. The first-order valence-corrected chi connectivity index (χ1v) is 9.63. The summed E-state index contributed by atoms with van der Waals surface area (Å²) in [6.45, 7) is 1.74. The van der Waals surface area contributed by atoms with Gasteiger partial charge in [0, 0.05) is 36.7 Å². The smallest absolute Gasteiger partial charge is 0.257 e. The molecule has 0 aliphatic carbocycles. The number of aryl methyl sites for hydroxylation is 2. The summed E-state index contributed by atoms with van der Waals surface area (Å²) < 4.78 is 18.1. The SMILES string of the molecule is COOSc1ccc(Oc2cc(C(=O)Nc3ccn(C)n3)cc3nc(C)oc23)cc1. The first-order valence-electron chi connectivity index (χ1n) is 8.89. The van der Waals surface area contributed by atoms with Gasteiger partial charge in [0.1, 0.15) is 11.3 Å². The van der Waals surface area contributed by atoms with Crippen LogP contribution in [0.1, 0.15) is 16.2 Å². The maximum absolute atomic E-state index is 12.7. The van der Waals surface area contributed by atoms with Crippen molar-refractivity contribution in [2.75, 3.05) is 12.4 Å². The average molecular weight is 426 g/mol. The lowest BCUT2D eigenvalue weighted by Crippen LogP contribution is -2.12. The van der Waals surface area contributed by atoms with Gasteiger partial charge in [-0.2, -0.15) is 9.43 Å². The van der Waals surface area contributed by atoms with Crippen molar-refractivity contribution in [2.24, 2.45) is 7.05 Å². The number of oxazole rings is 1. The molecular weight excluding hydrogens is 408 g/mol. The first kappa shape index (κ1) is 20.0. The molecule has 1 amide bonds. The number of aromatic nitrogens is 3. The van der Waals surface area contributed by atoms with Gasteiger partial charge in [0.05, 0.1) is 19.2 Å². The number of hydrogen-bond donors (Lipinski definition) is 1. The number of carbonyl (C=O) groups is 1. The molecule has 0 unspecified atom stereocenters. The minimum absolute atomic E-state index is 0.329. The normalized spacial score (nSPS) is 11.0. The number of carbonyl (C=O) groups excluding carboxylic acids is 1. The molecule has 0 aliphatic heterocycles. The minimum Gasteiger partial charge on any atom is -0.453 e. The molecule has 0 radical (unpaired) electrons. The Morgan fingerprint density at radius 2 is 2.00 bits per heavy atom. The molecule has 10 heteroatoms. The van der Waals surface area contributed by atoms with Gasteiger partial charge in [-0.15, -0.1) is 0 Å². The molecule has 0 fully saturated rings. The molecule has 4 aromatic rings. The average Bonchev–Trinajstić information content (AvgIpc) is 3.31. The summed E-state index contributed by atoms with van der Waals surface area (Å²) in [6, 6.07) is 12.2. The van der Waals surface area contributed by atoms with Gasteiger partial charge in [-0.1, -0.05) is 0 Å². The number of amides is 1. The summed E-state index contributed by atoms with van der Waals surface area (Å²) in [5.74, 6) is 1.54. The van der Waals surface area contributed by atoms with E-state index in [1.54, 1.807) is 55.2 Å². The largest absolute Gasteiger partial charge is 0.453 e. The lowest BCUT2D eigenvalue weighted by molar-refractivity contribution is -0.160. The van der Waals surface area contributed by atoms with E-state index >= 15 is 0 Å². The number of rotatable bonds is 7. The van der Waals surface area contributed by atoms with Gasteiger partial charge in [-0.25, -0.2) is 9.87 Å². The zero-order chi connectivity index (χ0) is 21.1. The molecule has 0 spiro atoms. The first-order chi connectivity index (χ1) is 14.5. The second-order valence-corrected chi connectivity index (χ2v) is 7.05. The maximum Gasteiger partial charge on any atom is 0.257 e. The molecule has 30 heavy (non-hydrogen) atoms. The van der Waals surface area contributed by atoms with Gasteiger partial charge in [0.15, 0.2) is 23.0 Å². The van der Waals surface area contributed by atoms with E-state index in [1.807, 2.05) is 12.1 Å². The van der Waals surface area contributed by atoms with Crippen molar-refractivity contribution in [3.63, 3.8) is 0 Å². The molecule has 0 bridgehead atoms. The highest BCUT2D eigenvalue weighted by Crippen LogP contribution is 2.33. The molecule has 0 aliphatic rings. The van der Waals surface area contributed by atoms with Gasteiger partial charge in [-0.3, -0.25) is 9.48 Å². The topological polar surface area (TPSA) is 101 Å². The van der Waals surface area contributed by atoms with Crippen molar-refractivity contribution in [1.82, 2.24) is 14.8 Å². The molecule has 4 rings (SSSR count). The molecule has 2 aromatic heterocycles. The van der Waals surface area contributed by atoms with Crippen LogP contribution in [0.15, 0.2) is 58.0 Å². The Morgan fingerprint density at radius 1 is 1.20 bits per heavy atom. The van der Waals surface area contributed by atoms with E-state index in [1.165, 1.54) is 7.11 Å². The van der Waals surface area contributed by atoms with Crippen LogP contribution in [0.2, 0.25) is 0 Å². The molecule has 0 atom stereocenters. The summed E-state index contributed by atoms with van der Waals surface area (Å²) in [6.07, 6.45) is 1.74. The summed E-state index contributed by atoms with van der Waals surface area (Å²) in [7, 11) is 3.21. The Kier molecular flexibility index (Phi) is 5.70. The second kappa shape index (κ2) is 8.57. The number of nitrogens with one attached hydrogen (secondary N) is 1. The number of nitrogens with zero attached hydrogens (tertiary/aromatic N) is 3. The van der Waals surface area contributed by atoms with Gasteiger partial charge >= 0.3 is 0 Å². The lowest BCUT2D eigenvalue weighted by atomic mass is 10.1. The van der Waals surface area contributed by atoms with Crippen LogP contribution < -0.4 is 10.1 Å². The zero-order valence-electron chi connectivity index (χ0n) is 16.4. The van der Waals surface area contributed by atoms with Crippen LogP contribution in [-0.2, 0) is 16.3 Å². The van der Waals surface area contributed by atoms with Crippen LogP contribution in [0.3, 0.4) is 0 Å². The van der Waals surface area contributed by atoms with Crippen molar-refractivity contribution in [1.29, 1.82) is 0 Å². The number of ether oxygens (including phenoxy) is 1. The summed E-state index contributed by atoms with van der Waals surface area (Å²) >= 11 is 1.08. The van der Waals surface area contributed by atoms with Crippen LogP contribution in [0.5, 0.6) is 11.5 Å². The highest BCUT2D eigenvalue weighted by molar-refractivity contribution is 7.94. The summed E-state index contributed by atoms with van der Waals surface area (Å²) in [4.78, 5) is 22.5. The highest BCUT2D eigenvalue weighted by atomic mass is 32.2. The number of hydrogen-bond acceptors (Lipinski definition) is 8. The molecule has 2 aromatic carbocycles. The van der Waals surface area contributed by atoms with Gasteiger partial charge < -0.3 is 14.5 Å². The monoisotopic (exact) mass is 426 g/mol. The molecule has 0 saturated heterocycles. The second-order valence-electron chi connectivity index (χ2n) is 6.28.